The molecule has 0 aliphatic carbocycles. The number of halogens is 1. The highest BCUT2D eigenvalue weighted by Crippen LogP contribution is 2.35. The highest BCUT2D eigenvalue weighted by molar-refractivity contribution is 7.10. The van der Waals surface area contributed by atoms with E-state index in [0.717, 1.165) is 18.9 Å². The highest BCUT2D eigenvalue weighted by atomic mass is 32.1. The van der Waals surface area contributed by atoms with E-state index in [1.54, 1.807) is 16.2 Å². The second kappa shape index (κ2) is 6.39. The number of amides is 2. The van der Waals surface area contributed by atoms with Crippen molar-refractivity contribution in [3.05, 3.63) is 51.5 Å². The van der Waals surface area contributed by atoms with Crippen LogP contribution in [0.15, 0.2) is 29.6 Å². The minimum absolute atomic E-state index is 0.0379. The topological polar surface area (TPSA) is 56.1 Å². The summed E-state index contributed by atoms with van der Waals surface area (Å²) in [6, 6.07) is 7.56. The number of carbonyl (C=O) groups is 1. The van der Waals surface area contributed by atoms with E-state index in [9.17, 15) is 9.18 Å². The molecule has 0 radical (unpaired) electrons. The van der Waals surface area contributed by atoms with Gasteiger partial charge in [0.1, 0.15) is 11.9 Å². The van der Waals surface area contributed by atoms with Crippen LogP contribution < -0.4 is 5.32 Å². The quantitative estimate of drug-likeness (QED) is 0.893. The fourth-order valence-electron chi connectivity index (χ4n) is 2.98. The molecule has 4 nitrogen and oxygen atoms in total. The summed E-state index contributed by atoms with van der Waals surface area (Å²) in [7, 11) is 0. The molecule has 0 bridgehead atoms. The van der Waals surface area contributed by atoms with Crippen LogP contribution in [0.1, 0.15) is 35.4 Å². The van der Waals surface area contributed by atoms with Crippen molar-refractivity contribution in [3.63, 3.8) is 0 Å². The average molecular weight is 329 g/mol. The van der Waals surface area contributed by atoms with E-state index in [1.165, 1.54) is 22.6 Å². The molecule has 1 atom stereocenters. The van der Waals surface area contributed by atoms with Gasteiger partial charge in [0.25, 0.3) is 0 Å². The van der Waals surface area contributed by atoms with E-state index in [2.05, 4.69) is 23.7 Å². The molecule has 118 valence electrons. The van der Waals surface area contributed by atoms with Crippen LogP contribution >= 0.6 is 11.3 Å². The molecule has 6 heteroatoms. The highest BCUT2D eigenvalue weighted by Gasteiger charge is 2.30. The molecule has 1 unspecified atom stereocenters. The fraction of sp³-hybridized carbons (Fsp3) is 0.294. The smallest absolute Gasteiger partial charge is 0.317 e. The first-order valence-corrected chi connectivity index (χ1v) is 8.35. The summed E-state index contributed by atoms with van der Waals surface area (Å²) >= 11 is 1.73. The van der Waals surface area contributed by atoms with Gasteiger partial charge in [-0.15, -0.1) is 11.3 Å². The van der Waals surface area contributed by atoms with E-state index in [-0.39, 0.29) is 17.6 Å². The lowest BCUT2D eigenvalue weighted by Gasteiger charge is -2.35. The van der Waals surface area contributed by atoms with Crippen molar-refractivity contribution in [2.45, 2.75) is 25.8 Å². The van der Waals surface area contributed by atoms with Crippen molar-refractivity contribution in [1.29, 1.82) is 5.26 Å². The predicted molar refractivity (Wildman–Crippen MR) is 87.9 cm³/mol. The van der Waals surface area contributed by atoms with Gasteiger partial charge in [0.2, 0.25) is 0 Å². The Hall–Kier alpha value is -2.39. The maximum Gasteiger partial charge on any atom is 0.322 e. The first kappa shape index (κ1) is 15.5. The summed E-state index contributed by atoms with van der Waals surface area (Å²) in [5, 5.41) is 13.9. The van der Waals surface area contributed by atoms with Gasteiger partial charge in [0.15, 0.2) is 0 Å². The summed E-state index contributed by atoms with van der Waals surface area (Å²) < 4.78 is 13.2. The van der Waals surface area contributed by atoms with Gasteiger partial charge in [-0.3, -0.25) is 0 Å². The van der Waals surface area contributed by atoms with Crippen LogP contribution in [0.25, 0.3) is 0 Å². The molecule has 1 N–H and O–H groups in total. The number of urea groups is 1. The lowest BCUT2D eigenvalue weighted by atomic mass is 9.98. The molecule has 0 saturated carbocycles. The Morgan fingerprint density at radius 2 is 2.35 bits per heavy atom. The Kier molecular flexibility index (Phi) is 4.30. The van der Waals surface area contributed by atoms with Gasteiger partial charge >= 0.3 is 6.03 Å². The van der Waals surface area contributed by atoms with E-state index < -0.39 is 5.82 Å². The first-order chi connectivity index (χ1) is 11.1. The van der Waals surface area contributed by atoms with Gasteiger partial charge < -0.3 is 10.2 Å². The summed E-state index contributed by atoms with van der Waals surface area (Å²) in [5.74, 6) is -0.494. The maximum atomic E-state index is 13.2. The Labute approximate surface area is 138 Å². The molecule has 2 amide bonds. The number of benzene rings is 1. The van der Waals surface area contributed by atoms with Crippen molar-refractivity contribution in [1.82, 2.24) is 4.90 Å². The third kappa shape index (κ3) is 2.92. The van der Waals surface area contributed by atoms with Crippen molar-refractivity contribution in [3.8, 4) is 6.07 Å². The van der Waals surface area contributed by atoms with Gasteiger partial charge in [0, 0.05) is 11.4 Å². The largest absolute Gasteiger partial charge is 0.322 e. The molecule has 0 fully saturated rings. The Morgan fingerprint density at radius 1 is 1.52 bits per heavy atom. The minimum Gasteiger partial charge on any atom is -0.317 e. The van der Waals surface area contributed by atoms with E-state index >= 15 is 0 Å². The zero-order chi connectivity index (χ0) is 16.4. The number of hydrogen-bond acceptors (Lipinski definition) is 3. The molecular weight excluding hydrogens is 313 g/mol. The molecule has 1 aromatic heterocycles. The summed E-state index contributed by atoms with van der Waals surface area (Å²) in [6.45, 7) is 2.69. The standard InChI is InChI=1S/C17H16FN3OS/c1-2-15-13-6-8-23-16(13)5-7-21(15)17(22)20-14-4-3-12(18)9-11(14)10-19/h3-4,6,8-9,15H,2,5,7H2,1H3,(H,20,22). The zero-order valence-electron chi connectivity index (χ0n) is 12.7. The fourth-order valence-corrected chi connectivity index (χ4v) is 3.91. The van der Waals surface area contributed by atoms with Gasteiger partial charge in [-0.1, -0.05) is 6.92 Å². The first-order valence-electron chi connectivity index (χ1n) is 7.47. The van der Waals surface area contributed by atoms with Crippen molar-refractivity contribution >= 4 is 23.1 Å². The number of nitriles is 1. The molecule has 0 spiro atoms. The number of thiophene rings is 1. The number of carbonyl (C=O) groups excluding carboxylic acids is 1. The predicted octanol–water partition coefficient (Wildman–Crippen LogP) is 4.30. The van der Waals surface area contributed by atoms with Crippen molar-refractivity contribution in [2.24, 2.45) is 0 Å². The Balaban J connectivity index is 1.83. The van der Waals surface area contributed by atoms with E-state index in [1.807, 2.05) is 6.07 Å². The van der Waals surface area contributed by atoms with E-state index in [0.29, 0.717) is 12.2 Å². The molecule has 1 aliphatic heterocycles. The summed E-state index contributed by atoms with van der Waals surface area (Å²) in [4.78, 5) is 15.8. The van der Waals surface area contributed by atoms with Crippen LogP contribution in [0.3, 0.4) is 0 Å². The van der Waals surface area contributed by atoms with E-state index in [4.69, 9.17) is 5.26 Å². The molecule has 2 aromatic rings. The SMILES string of the molecule is CCC1c2ccsc2CCN1C(=O)Nc1ccc(F)cc1C#N. The number of nitrogens with one attached hydrogen (secondary N) is 1. The minimum atomic E-state index is -0.494. The second-order valence-electron chi connectivity index (χ2n) is 5.40. The van der Waals surface area contributed by atoms with Crippen LogP contribution in [0.5, 0.6) is 0 Å². The Morgan fingerprint density at radius 3 is 3.09 bits per heavy atom. The molecule has 1 aliphatic rings. The monoisotopic (exact) mass is 329 g/mol. The van der Waals surface area contributed by atoms with Crippen LogP contribution in [0.4, 0.5) is 14.9 Å². The van der Waals surface area contributed by atoms with Gasteiger partial charge in [0.05, 0.1) is 17.3 Å². The van der Waals surface area contributed by atoms with Crippen LogP contribution in [0.2, 0.25) is 0 Å². The zero-order valence-corrected chi connectivity index (χ0v) is 13.5. The molecular formula is C17H16FN3OS. The summed E-state index contributed by atoms with van der Waals surface area (Å²) in [6.07, 6.45) is 1.66. The Bertz CT molecular complexity index is 780. The number of hydrogen-bond donors (Lipinski definition) is 1. The number of fused-ring (bicyclic) bond motifs is 1. The normalized spacial score (nSPS) is 16.6. The van der Waals surface area contributed by atoms with Crippen LogP contribution in [-0.4, -0.2) is 17.5 Å². The number of rotatable bonds is 2. The van der Waals surface area contributed by atoms with Gasteiger partial charge in [-0.25, -0.2) is 9.18 Å². The third-order valence-electron chi connectivity index (χ3n) is 4.09. The molecule has 23 heavy (non-hydrogen) atoms. The summed E-state index contributed by atoms with van der Waals surface area (Å²) in [5.41, 5.74) is 1.67. The molecule has 3 rings (SSSR count). The average Bonchev–Trinajstić information content (AvgIpc) is 3.03. The third-order valence-corrected chi connectivity index (χ3v) is 5.08. The maximum absolute atomic E-state index is 13.2. The van der Waals surface area contributed by atoms with Gasteiger partial charge in [-0.2, -0.15) is 5.26 Å². The number of anilines is 1. The molecule has 2 heterocycles. The number of nitrogens with zero attached hydrogens (tertiary/aromatic N) is 2. The van der Waals surface area contributed by atoms with Crippen molar-refractivity contribution in [2.75, 3.05) is 11.9 Å². The second-order valence-corrected chi connectivity index (χ2v) is 6.40. The lowest BCUT2D eigenvalue weighted by molar-refractivity contribution is 0.181. The lowest BCUT2D eigenvalue weighted by Crippen LogP contribution is -2.42. The molecule has 0 saturated heterocycles. The molecule has 1 aromatic carbocycles. The van der Waals surface area contributed by atoms with Crippen LogP contribution in [-0.2, 0) is 6.42 Å². The van der Waals surface area contributed by atoms with Gasteiger partial charge in [-0.05, 0) is 48.1 Å². The van der Waals surface area contributed by atoms with Crippen molar-refractivity contribution < 1.29 is 9.18 Å². The van der Waals surface area contributed by atoms with Crippen LogP contribution in [0, 0.1) is 17.1 Å².